The Morgan fingerprint density at radius 1 is 1.24 bits per heavy atom. The molecule has 0 bridgehead atoms. The molecule has 0 aliphatic heterocycles. The van der Waals surface area contributed by atoms with Crippen LogP contribution in [0, 0.1) is 0 Å². The third-order valence-electron chi connectivity index (χ3n) is 3.19. The average molecular weight is 308 g/mol. The third kappa shape index (κ3) is 3.56. The SMILES string of the molecule is COc1cc(C(N)Cc2ccnc(N)c2)cc(Cl)c1OC. The van der Waals surface area contributed by atoms with Crippen molar-refractivity contribution in [1.29, 1.82) is 0 Å². The monoisotopic (exact) mass is 307 g/mol. The van der Waals surface area contributed by atoms with Crippen LogP contribution in [0.5, 0.6) is 11.5 Å². The Kier molecular flexibility index (Phi) is 4.88. The minimum absolute atomic E-state index is 0.232. The van der Waals surface area contributed by atoms with Gasteiger partial charge in [-0.2, -0.15) is 0 Å². The number of nitrogens with zero attached hydrogens (tertiary/aromatic N) is 1. The molecule has 0 aliphatic carbocycles. The van der Waals surface area contributed by atoms with Crippen molar-refractivity contribution in [2.45, 2.75) is 12.5 Å². The minimum Gasteiger partial charge on any atom is -0.493 e. The number of hydrogen-bond donors (Lipinski definition) is 2. The molecule has 1 aromatic heterocycles. The fraction of sp³-hybridized carbons (Fsp3) is 0.267. The van der Waals surface area contributed by atoms with Gasteiger partial charge in [-0.1, -0.05) is 11.6 Å². The number of rotatable bonds is 5. The molecule has 0 radical (unpaired) electrons. The van der Waals surface area contributed by atoms with Gasteiger partial charge in [-0.15, -0.1) is 0 Å². The van der Waals surface area contributed by atoms with Crippen molar-refractivity contribution in [2.24, 2.45) is 5.73 Å². The number of hydrogen-bond acceptors (Lipinski definition) is 5. The van der Waals surface area contributed by atoms with E-state index in [1.807, 2.05) is 18.2 Å². The predicted octanol–water partition coefficient (Wildman–Crippen LogP) is 2.58. The number of methoxy groups -OCH3 is 2. The van der Waals surface area contributed by atoms with Crippen LogP contribution in [-0.2, 0) is 6.42 Å². The topological polar surface area (TPSA) is 83.4 Å². The number of nitrogens with two attached hydrogens (primary N) is 2. The number of pyridine rings is 1. The lowest BCUT2D eigenvalue weighted by atomic mass is 10.00. The molecule has 0 fully saturated rings. The molecular formula is C15H18ClN3O2. The molecule has 1 atom stereocenters. The summed E-state index contributed by atoms with van der Waals surface area (Å²) >= 11 is 6.20. The van der Waals surface area contributed by atoms with E-state index in [9.17, 15) is 0 Å². The minimum atomic E-state index is -0.232. The van der Waals surface area contributed by atoms with Gasteiger partial charge in [-0.3, -0.25) is 0 Å². The van der Waals surface area contributed by atoms with Crippen molar-refractivity contribution in [3.63, 3.8) is 0 Å². The zero-order chi connectivity index (χ0) is 15.4. The highest BCUT2D eigenvalue weighted by molar-refractivity contribution is 6.32. The summed E-state index contributed by atoms with van der Waals surface area (Å²) in [5, 5.41) is 0.469. The normalized spacial score (nSPS) is 12.0. The Morgan fingerprint density at radius 2 is 2.00 bits per heavy atom. The van der Waals surface area contributed by atoms with E-state index >= 15 is 0 Å². The Labute approximate surface area is 128 Å². The smallest absolute Gasteiger partial charge is 0.179 e. The lowest BCUT2D eigenvalue weighted by Gasteiger charge is -2.16. The second-order valence-electron chi connectivity index (χ2n) is 4.64. The van der Waals surface area contributed by atoms with Gasteiger partial charge in [-0.25, -0.2) is 4.98 Å². The summed E-state index contributed by atoms with van der Waals surface area (Å²) in [6, 6.07) is 7.09. The van der Waals surface area contributed by atoms with Crippen LogP contribution in [0.2, 0.25) is 5.02 Å². The fourth-order valence-electron chi connectivity index (χ4n) is 2.15. The fourth-order valence-corrected chi connectivity index (χ4v) is 2.44. The van der Waals surface area contributed by atoms with Gasteiger partial charge >= 0.3 is 0 Å². The molecule has 1 heterocycles. The molecule has 21 heavy (non-hydrogen) atoms. The van der Waals surface area contributed by atoms with Crippen LogP contribution in [0.1, 0.15) is 17.2 Å². The standard InChI is InChI=1S/C15H18ClN3O2/c1-20-13-8-10(7-11(16)15(13)21-2)12(17)5-9-3-4-19-14(18)6-9/h3-4,6-8,12H,5,17H2,1-2H3,(H2,18,19). The van der Waals surface area contributed by atoms with Gasteiger partial charge in [0, 0.05) is 12.2 Å². The lowest BCUT2D eigenvalue weighted by molar-refractivity contribution is 0.354. The number of halogens is 1. The van der Waals surface area contributed by atoms with Gasteiger partial charge in [0.25, 0.3) is 0 Å². The van der Waals surface area contributed by atoms with E-state index < -0.39 is 0 Å². The molecule has 4 N–H and O–H groups in total. The summed E-state index contributed by atoms with van der Waals surface area (Å²) in [4.78, 5) is 3.96. The van der Waals surface area contributed by atoms with E-state index in [2.05, 4.69) is 4.98 Å². The number of anilines is 1. The Morgan fingerprint density at radius 3 is 2.62 bits per heavy atom. The number of nitrogen functional groups attached to an aromatic ring is 1. The van der Waals surface area contributed by atoms with Crippen LogP contribution >= 0.6 is 11.6 Å². The first-order valence-electron chi connectivity index (χ1n) is 6.42. The van der Waals surface area contributed by atoms with Crippen LogP contribution in [0.3, 0.4) is 0 Å². The number of ether oxygens (including phenoxy) is 2. The predicted molar refractivity (Wildman–Crippen MR) is 83.8 cm³/mol. The molecule has 2 rings (SSSR count). The molecule has 1 unspecified atom stereocenters. The average Bonchev–Trinajstić information content (AvgIpc) is 2.46. The molecule has 0 amide bonds. The zero-order valence-electron chi connectivity index (χ0n) is 12.0. The summed E-state index contributed by atoms with van der Waals surface area (Å²) < 4.78 is 10.5. The Balaban J connectivity index is 2.27. The lowest BCUT2D eigenvalue weighted by Crippen LogP contribution is -2.14. The highest BCUT2D eigenvalue weighted by Crippen LogP contribution is 2.37. The highest BCUT2D eigenvalue weighted by atomic mass is 35.5. The van der Waals surface area contributed by atoms with E-state index in [-0.39, 0.29) is 6.04 Å². The zero-order valence-corrected chi connectivity index (χ0v) is 12.7. The van der Waals surface area contributed by atoms with Crippen LogP contribution in [0.15, 0.2) is 30.5 Å². The van der Waals surface area contributed by atoms with Crippen molar-refractivity contribution in [3.8, 4) is 11.5 Å². The van der Waals surface area contributed by atoms with Crippen LogP contribution in [0.4, 0.5) is 5.82 Å². The molecule has 0 spiro atoms. The third-order valence-corrected chi connectivity index (χ3v) is 3.47. The van der Waals surface area contributed by atoms with E-state index in [1.165, 1.54) is 0 Å². The number of benzene rings is 1. The maximum Gasteiger partial charge on any atom is 0.179 e. The van der Waals surface area contributed by atoms with E-state index in [4.69, 9.17) is 32.5 Å². The second kappa shape index (κ2) is 6.65. The Bertz CT molecular complexity index is 634. The van der Waals surface area contributed by atoms with Gasteiger partial charge in [0.1, 0.15) is 5.82 Å². The molecule has 0 saturated heterocycles. The van der Waals surface area contributed by atoms with E-state index in [0.29, 0.717) is 28.8 Å². The maximum absolute atomic E-state index is 6.24. The summed E-state index contributed by atoms with van der Waals surface area (Å²) in [7, 11) is 3.11. The quantitative estimate of drug-likeness (QED) is 0.887. The molecular weight excluding hydrogens is 290 g/mol. The summed E-state index contributed by atoms with van der Waals surface area (Å²) in [6.45, 7) is 0. The first-order chi connectivity index (χ1) is 10.0. The van der Waals surface area contributed by atoms with Gasteiger partial charge < -0.3 is 20.9 Å². The van der Waals surface area contributed by atoms with Crippen molar-refractivity contribution >= 4 is 17.4 Å². The first kappa shape index (κ1) is 15.4. The van der Waals surface area contributed by atoms with Crippen molar-refractivity contribution < 1.29 is 9.47 Å². The maximum atomic E-state index is 6.24. The summed E-state index contributed by atoms with van der Waals surface area (Å²) in [6.07, 6.45) is 2.29. The molecule has 5 nitrogen and oxygen atoms in total. The molecule has 1 aromatic carbocycles. The largest absolute Gasteiger partial charge is 0.493 e. The van der Waals surface area contributed by atoms with E-state index in [0.717, 1.165) is 11.1 Å². The highest BCUT2D eigenvalue weighted by Gasteiger charge is 2.15. The van der Waals surface area contributed by atoms with Crippen LogP contribution in [0.25, 0.3) is 0 Å². The Hall–Kier alpha value is -1.98. The van der Waals surface area contributed by atoms with Gasteiger partial charge in [-0.05, 0) is 41.8 Å². The van der Waals surface area contributed by atoms with Gasteiger partial charge in [0.05, 0.1) is 19.2 Å². The van der Waals surface area contributed by atoms with E-state index in [1.54, 1.807) is 26.5 Å². The second-order valence-corrected chi connectivity index (χ2v) is 5.05. The molecule has 2 aromatic rings. The summed E-state index contributed by atoms with van der Waals surface area (Å²) in [5.74, 6) is 1.54. The van der Waals surface area contributed by atoms with Crippen molar-refractivity contribution in [3.05, 3.63) is 46.6 Å². The van der Waals surface area contributed by atoms with Crippen molar-refractivity contribution in [2.75, 3.05) is 20.0 Å². The van der Waals surface area contributed by atoms with Gasteiger partial charge in [0.2, 0.25) is 0 Å². The summed E-state index contributed by atoms with van der Waals surface area (Å²) in [5.41, 5.74) is 13.8. The van der Waals surface area contributed by atoms with Crippen LogP contribution < -0.4 is 20.9 Å². The van der Waals surface area contributed by atoms with Gasteiger partial charge in [0.15, 0.2) is 11.5 Å². The number of aromatic nitrogens is 1. The molecule has 0 saturated carbocycles. The van der Waals surface area contributed by atoms with Crippen molar-refractivity contribution in [1.82, 2.24) is 4.98 Å². The molecule has 6 heteroatoms. The van der Waals surface area contributed by atoms with Crippen LogP contribution in [-0.4, -0.2) is 19.2 Å². The molecule has 0 aliphatic rings. The molecule has 112 valence electrons. The first-order valence-corrected chi connectivity index (χ1v) is 6.80.